The van der Waals surface area contributed by atoms with E-state index in [0.717, 1.165) is 64.0 Å². The van der Waals surface area contributed by atoms with Gasteiger partial charge in [0, 0.05) is 52.4 Å². The van der Waals surface area contributed by atoms with Crippen LogP contribution in [0.25, 0.3) is 17.4 Å². The van der Waals surface area contributed by atoms with E-state index in [1.807, 2.05) is 24.3 Å². The second kappa shape index (κ2) is 12.1. The van der Waals surface area contributed by atoms with E-state index < -0.39 is 11.9 Å². The number of aldehydes is 1. The molecule has 0 atom stereocenters. The van der Waals surface area contributed by atoms with Crippen LogP contribution in [0, 0.1) is 11.9 Å². The average molecular weight is 565 g/mol. The fraction of sp³-hybridized carbons (Fsp3) is 0.379. The van der Waals surface area contributed by atoms with E-state index in [0.29, 0.717) is 17.6 Å². The number of piperazine rings is 2. The first-order chi connectivity index (χ1) is 19.8. The fourth-order valence-electron chi connectivity index (χ4n) is 5.06. The van der Waals surface area contributed by atoms with Crippen molar-refractivity contribution in [2.75, 3.05) is 76.3 Å². The molecule has 0 radical (unpaired) electrons. The molecule has 0 N–H and O–H groups in total. The Morgan fingerprint density at radius 2 is 1.17 bits per heavy atom. The molecule has 4 aromatic heterocycles. The van der Waals surface area contributed by atoms with Crippen molar-refractivity contribution in [3.8, 4) is 0 Å². The molecule has 0 aliphatic carbocycles. The first kappa shape index (κ1) is 28.4. The number of allylic oxidation sites excluding steroid dienone is 1. The van der Waals surface area contributed by atoms with Crippen LogP contribution < -0.4 is 9.80 Å². The van der Waals surface area contributed by atoms with Gasteiger partial charge in [-0.05, 0) is 57.4 Å². The molecule has 216 valence electrons. The lowest BCUT2D eigenvalue weighted by molar-refractivity contribution is -0.112. The third-order valence-electron chi connectivity index (χ3n) is 7.43. The molecule has 12 heteroatoms. The maximum atomic E-state index is 14.7. The second-order valence-electron chi connectivity index (χ2n) is 10.4. The molecule has 10 nitrogen and oxygen atoms in total. The van der Waals surface area contributed by atoms with Crippen molar-refractivity contribution in [1.29, 1.82) is 0 Å². The zero-order valence-corrected chi connectivity index (χ0v) is 23.5. The number of likely N-dealkylation sites (N-methyl/N-ethyl adjacent to an activating group) is 2. The highest BCUT2D eigenvalue weighted by Gasteiger charge is 2.21. The predicted octanol–water partition coefficient (Wildman–Crippen LogP) is 2.87. The van der Waals surface area contributed by atoms with Gasteiger partial charge < -0.3 is 19.6 Å². The monoisotopic (exact) mass is 564 g/mol. The SMILES string of the molecule is CC(=O)/C=C/c1nc2cccc(N3CCN(C)CC3)n2c1F.CN1CCN(c2cccc3nc(C=O)c(F)n23)CC1. The summed E-state index contributed by atoms with van der Waals surface area (Å²) in [7, 11) is 4.15. The van der Waals surface area contributed by atoms with E-state index in [1.54, 1.807) is 12.1 Å². The molecule has 0 saturated carbocycles. The van der Waals surface area contributed by atoms with Gasteiger partial charge in [0.25, 0.3) is 0 Å². The summed E-state index contributed by atoms with van der Waals surface area (Å²) in [5.74, 6) is 0.416. The Hall–Kier alpha value is -4.16. The molecule has 0 bridgehead atoms. The molecule has 2 aliphatic heterocycles. The van der Waals surface area contributed by atoms with Gasteiger partial charge in [0.15, 0.2) is 17.8 Å². The van der Waals surface area contributed by atoms with Gasteiger partial charge in [0.05, 0.1) is 0 Å². The van der Waals surface area contributed by atoms with Crippen LogP contribution in [-0.2, 0) is 4.79 Å². The number of imidazole rings is 2. The Kier molecular flexibility index (Phi) is 8.41. The summed E-state index contributed by atoms with van der Waals surface area (Å²) in [6.07, 6.45) is 3.22. The van der Waals surface area contributed by atoms with Crippen molar-refractivity contribution in [2.24, 2.45) is 0 Å². The molecule has 0 unspecified atom stereocenters. The van der Waals surface area contributed by atoms with E-state index in [1.165, 1.54) is 27.9 Å². The molecule has 2 saturated heterocycles. The van der Waals surface area contributed by atoms with Crippen molar-refractivity contribution < 1.29 is 18.4 Å². The Balaban J connectivity index is 0.000000166. The first-order valence-electron chi connectivity index (χ1n) is 13.6. The highest BCUT2D eigenvalue weighted by atomic mass is 19.1. The number of halogens is 2. The fourth-order valence-corrected chi connectivity index (χ4v) is 5.06. The summed E-state index contributed by atoms with van der Waals surface area (Å²) in [6.45, 7) is 8.58. The average Bonchev–Trinajstić information content (AvgIpc) is 3.49. The Bertz CT molecular complexity index is 1580. The van der Waals surface area contributed by atoms with Crippen LogP contribution in [0.1, 0.15) is 23.1 Å². The lowest BCUT2D eigenvalue weighted by Crippen LogP contribution is -2.45. The molecule has 6 heterocycles. The zero-order chi connectivity index (χ0) is 29.1. The number of ketones is 1. The Morgan fingerprint density at radius 1 is 0.732 bits per heavy atom. The van der Waals surface area contributed by atoms with Crippen LogP contribution in [0.15, 0.2) is 42.5 Å². The standard InChI is InChI=1S/C16H19FN4O.C13H15FN4O/c1-12(22)6-7-13-16(17)21-14(18-13)4-3-5-15(21)20-10-8-19(2)9-11-20;1-16-5-7-17(8-6-16)12-4-2-3-11-15-10(9-19)13(14)18(11)12/h3-7H,8-11H2,1-2H3;2-4,9H,5-8H2,1H3/b7-6+;. The molecular weight excluding hydrogens is 530 g/mol. The van der Waals surface area contributed by atoms with Crippen molar-refractivity contribution >= 4 is 41.1 Å². The van der Waals surface area contributed by atoms with Gasteiger partial charge in [-0.1, -0.05) is 12.1 Å². The zero-order valence-electron chi connectivity index (χ0n) is 23.5. The lowest BCUT2D eigenvalue weighted by Gasteiger charge is -2.34. The number of aromatic nitrogens is 4. The molecule has 4 aromatic rings. The molecule has 2 fully saturated rings. The number of hydrogen-bond donors (Lipinski definition) is 0. The van der Waals surface area contributed by atoms with Crippen LogP contribution in [0.3, 0.4) is 0 Å². The van der Waals surface area contributed by atoms with Gasteiger partial charge in [-0.15, -0.1) is 0 Å². The minimum atomic E-state index is -0.584. The van der Waals surface area contributed by atoms with Crippen molar-refractivity contribution in [3.05, 3.63) is 65.8 Å². The van der Waals surface area contributed by atoms with E-state index in [4.69, 9.17) is 0 Å². The number of carbonyl (C=O) groups is 2. The molecule has 0 spiro atoms. The van der Waals surface area contributed by atoms with Gasteiger partial charge in [-0.25, -0.2) is 9.97 Å². The summed E-state index contributed by atoms with van der Waals surface area (Å²) >= 11 is 0. The van der Waals surface area contributed by atoms with E-state index in [9.17, 15) is 18.4 Å². The smallest absolute Gasteiger partial charge is 0.230 e. The molecule has 41 heavy (non-hydrogen) atoms. The Labute approximate surface area is 237 Å². The van der Waals surface area contributed by atoms with Gasteiger partial charge in [-0.2, -0.15) is 8.78 Å². The number of rotatable bonds is 5. The van der Waals surface area contributed by atoms with E-state index in [-0.39, 0.29) is 17.2 Å². The Morgan fingerprint density at radius 3 is 1.61 bits per heavy atom. The third kappa shape index (κ3) is 5.98. The molecule has 6 rings (SSSR count). The molecule has 2 aliphatic rings. The molecule has 0 amide bonds. The highest BCUT2D eigenvalue weighted by molar-refractivity contribution is 5.91. The summed E-state index contributed by atoms with van der Waals surface area (Å²) in [4.78, 5) is 38.8. The number of pyridine rings is 2. The minimum Gasteiger partial charge on any atom is -0.355 e. The topological polar surface area (TPSA) is 81.7 Å². The third-order valence-corrected chi connectivity index (χ3v) is 7.43. The maximum Gasteiger partial charge on any atom is 0.230 e. The van der Waals surface area contributed by atoms with Crippen molar-refractivity contribution in [3.63, 3.8) is 0 Å². The summed E-state index contributed by atoms with van der Waals surface area (Å²) in [5, 5.41) is 0. The summed E-state index contributed by atoms with van der Waals surface area (Å²) < 4.78 is 31.8. The predicted molar refractivity (Wildman–Crippen MR) is 155 cm³/mol. The van der Waals surface area contributed by atoms with Gasteiger partial charge >= 0.3 is 0 Å². The van der Waals surface area contributed by atoms with Crippen molar-refractivity contribution in [2.45, 2.75) is 6.92 Å². The van der Waals surface area contributed by atoms with Gasteiger partial charge in [0.2, 0.25) is 11.9 Å². The second-order valence-corrected chi connectivity index (χ2v) is 10.4. The normalized spacial score (nSPS) is 16.9. The number of hydrogen-bond acceptors (Lipinski definition) is 8. The minimum absolute atomic E-state index is 0.129. The van der Waals surface area contributed by atoms with Crippen LogP contribution in [0.5, 0.6) is 0 Å². The van der Waals surface area contributed by atoms with Gasteiger partial charge in [0.1, 0.15) is 28.6 Å². The number of fused-ring (bicyclic) bond motifs is 2. The highest BCUT2D eigenvalue weighted by Crippen LogP contribution is 2.23. The van der Waals surface area contributed by atoms with E-state index in [2.05, 4.69) is 43.7 Å². The lowest BCUT2D eigenvalue weighted by atomic mass is 10.3. The van der Waals surface area contributed by atoms with E-state index >= 15 is 0 Å². The quantitative estimate of drug-likeness (QED) is 0.271. The summed E-state index contributed by atoms with van der Waals surface area (Å²) in [6, 6.07) is 11.0. The first-order valence-corrected chi connectivity index (χ1v) is 13.6. The number of nitrogens with zero attached hydrogens (tertiary/aromatic N) is 8. The van der Waals surface area contributed by atoms with Crippen LogP contribution >= 0.6 is 0 Å². The molecular formula is C29H34F2N8O2. The number of anilines is 2. The molecule has 0 aromatic carbocycles. The van der Waals surface area contributed by atoms with Crippen molar-refractivity contribution in [1.82, 2.24) is 28.6 Å². The van der Waals surface area contributed by atoms with Crippen LogP contribution in [-0.4, -0.2) is 107 Å². The maximum absolute atomic E-state index is 14.7. The largest absolute Gasteiger partial charge is 0.355 e. The van der Waals surface area contributed by atoms with Gasteiger partial charge in [-0.3, -0.25) is 18.4 Å². The number of carbonyl (C=O) groups excluding carboxylic acids is 2. The summed E-state index contributed by atoms with van der Waals surface area (Å²) in [5.41, 5.74) is 1.08. The van der Waals surface area contributed by atoms with Crippen LogP contribution in [0.2, 0.25) is 0 Å². The van der Waals surface area contributed by atoms with Crippen LogP contribution in [0.4, 0.5) is 20.4 Å².